The van der Waals surface area contributed by atoms with Gasteiger partial charge < -0.3 is 14.2 Å². The van der Waals surface area contributed by atoms with Gasteiger partial charge in [-0.15, -0.1) is 0 Å². The Morgan fingerprint density at radius 2 is 2.10 bits per heavy atom. The second-order valence-corrected chi connectivity index (χ2v) is 6.87. The maximum Gasteiger partial charge on any atom is 0.410 e. The van der Waals surface area contributed by atoms with Crippen LogP contribution in [-0.2, 0) is 4.74 Å². The first-order chi connectivity index (χ1) is 9.44. The Bertz CT molecular complexity index is 499. The topological polar surface area (TPSA) is 47.4 Å². The minimum absolute atomic E-state index is 0.197. The highest BCUT2D eigenvalue weighted by Gasteiger charge is 2.34. The highest BCUT2D eigenvalue weighted by atomic mass is 16.6. The lowest BCUT2D eigenvalue weighted by Gasteiger charge is -2.24. The van der Waals surface area contributed by atoms with Crippen LogP contribution in [0.1, 0.15) is 57.7 Å². The fraction of sp³-hybridized carbons (Fsp3) is 0.733. The molecule has 0 spiro atoms. The Hall–Kier alpha value is -1.52. The molecule has 110 valence electrons. The van der Waals surface area contributed by atoms with Gasteiger partial charge in [-0.05, 0) is 40.0 Å². The average molecular weight is 277 g/mol. The predicted molar refractivity (Wildman–Crippen MR) is 75.7 cm³/mol. The van der Waals surface area contributed by atoms with Crippen molar-refractivity contribution in [3.63, 3.8) is 0 Å². The second-order valence-electron chi connectivity index (χ2n) is 6.87. The smallest absolute Gasteiger partial charge is 0.410 e. The summed E-state index contributed by atoms with van der Waals surface area (Å²) in [5.41, 5.74) is 0.851. The summed E-state index contributed by atoms with van der Waals surface area (Å²) in [6.45, 7) is 7.23. The molecule has 2 heterocycles. The third kappa shape index (κ3) is 2.81. The zero-order chi connectivity index (χ0) is 14.3. The van der Waals surface area contributed by atoms with Crippen LogP contribution >= 0.6 is 0 Å². The molecule has 5 nitrogen and oxygen atoms in total. The molecular formula is C15H23N3O2. The molecule has 1 unspecified atom stereocenters. The number of carbonyl (C=O) groups is 1. The lowest BCUT2D eigenvalue weighted by molar-refractivity contribution is 0.0292. The first-order valence-corrected chi connectivity index (χ1v) is 7.44. The van der Waals surface area contributed by atoms with Crippen molar-refractivity contribution in [3.8, 4) is 0 Å². The summed E-state index contributed by atoms with van der Waals surface area (Å²) in [6.07, 6.45) is 7.21. The Labute approximate surface area is 119 Å². The minimum atomic E-state index is -0.426. The van der Waals surface area contributed by atoms with E-state index in [1.807, 2.05) is 38.2 Å². The second kappa shape index (κ2) is 4.79. The normalized spacial score (nSPS) is 23.1. The molecule has 1 aromatic rings. The van der Waals surface area contributed by atoms with Crippen molar-refractivity contribution in [2.75, 3.05) is 13.1 Å². The number of aromatic nitrogens is 2. The molecular weight excluding hydrogens is 254 g/mol. The van der Waals surface area contributed by atoms with Crippen molar-refractivity contribution in [3.05, 3.63) is 18.2 Å². The van der Waals surface area contributed by atoms with Crippen molar-refractivity contribution in [2.45, 2.75) is 57.6 Å². The van der Waals surface area contributed by atoms with Crippen LogP contribution < -0.4 is 0 Å². The lowest BCUT2D eigenvalue weighted by atomic mass is 10.1. The first kappa shape index (κ1) is 13.5. The van der Waals surface area contributed by atoms with Crippen molar-refractivity contribution >= 4 is 6.09 Å². The summed E-state index contributed by atoms with van der Waals surface area (Å²) in [6, 6.07) is 0.642. The quantitative estimate of drug-likeness (QED) is 0.835. The predicted octanol–water partition coefficient (Wildman–Crippen LogP) is 2.94. The summed E-state index contributed by atoms with van der Waals surface area (Å²) in [5, 5.41) is 0. The Morgan fingerprint density at radius 1 is 1.35 bits per heavy atom. The summed E-state index contributed by atoms with van der Waals surface area (Å²) >= 11 is 0. The van der Waals surface area contributed by atoms with Crippen molar-refractivity contribution in [1.82, 2.24) is 14.5 Å². The van der Waals surface area contributed by atoms with Crippen LogP contribution in [-0.4, -0.2) is 39.2 Å². The highest BCUT2D eigenvalue weighted by Crippen LogP contribution is 2.39. The number of nitrogens with zero attached hydrogens (tertiary/aromatic N) is 3. The van der Waals surface area contributed by atoms with Crippen LogP contribution in [0.15, 0.2) is 12.5 Å². The van der Waals surface area contributed by atoms with E-state index < -0.39 is 5.60 Å². The number of amides is 1. The van der Waals surface area contributed by atoms with Crippen molar-refractivity contribution < 1.29 is 9.53 Å². The third-order valence-corrected chi connectivity index (χ3v) is 3.89. The van der Waals surface area contributed by atoms with E-state index in [0.29, 0.717) is 12.0 Å². The molecule has 5 heteroatoms. The highest BCUT2D eigenvalue weighted by molar-refractivity contribution is 5.68. The molecule has 1 aliphatic carbocycles. The zero-order valence-electron chi connectivity index (χ0n) is 12.5. The molecule has 1 saturated carbocycles. The Morgan fingerprint density at radius 3 is 2.75 bits per heavy atom. The Balaban J connectivity index is 1.64. The van der Waals surface area contributed by atoms with Gasteiger partial charge in [0.25, 0.3) is 0 Å². The number of likely N-dealkylation sites (tertiary alicyclic amines) is 1. The molecule has 3 rings (SSSR count). The van der Waals surface area contributed by atoms with Crippen LogP contribution in [0.25, 0.3) is 0 Å². The van der Waals surface area contributed by atoms with Gasteiger partial charge in [-0.25, -0.2) is 9.78 Å². The largest absolute Gasteiger partial charge is 0.444 e. The van der Waals surface area contributed by atoms with E-state index in [2.05, 4.69) is 9.55 Å². The van der Waals surface area contributed by atoms with E-state index in [1.165, 1.54) is 18.5 Å². The van der Waals surface area contributed by atoms with Crippen LogP contribution in [0.3, 0.4) is 0 Å². The maximum atomic E-state index is 12.1. The molecule has 1 aliphatic heterocycles. The van der Waals surface area contributed by atoms with Gasteiger partial charge in [-0.2, -0.15) is 0 Å². The van der Waals surface area contributed by atoms with E-state index in [0.717, 1.165) is 19.5 Å². The average Bonchev–Trinajstić information content (AvgIpc) is 2.91. The van der Waals surface area contributed by atoms with E-state index in [4.69, 9.17) is 4.74 Å². The van der Waals surface area contributed by atoms with Gasteiger partial charge in [0.1, 0.15) is 5.60 Å². The SMILES string of the molecule is CC(C)(C)OC(=O)N1CCC(c2cncn2C2CC2)C1. The number of rotatable bonds is 2. The number of ether oxygens (including phenoxy) is 1. The molecule has 1 aromatic heterocycles. The summed E-state index contributed by atoms with van der Waals surface area (Å²) in [4.78, 5) is 18.2. The molecule has 0 radical (unpaired) electrons. The van der Waals surface area contributed by atoms with Gasteiger partial charge in [-0.1, -0.05) is 0 Å². The molecule has 0 N–H and O–H groups in total. The number of hydrogen-bond donors (Lipinski definition) is 0. The van der Waals surface area contributed by atoms with Crippen LogP contribution in [0.5, 0.6) is 0 Å². The van der Waals surface area contributed by atoms with E-state index in [1.54, 1.807) is 0 Å². The molecule has 1 amide bonds. The third-order valence-electron chi connectivity index (χ3n) is 3.89. The molecule has 0 aromatic carbocycles. The molecule has 2 aliphatic rings. The number of carbonyl (C=O) groups excluding carboxylic acids is 1. The van der Waals surface area contributed by atoms with Crippen molar-refractivity contribution in [2.24, 2.45) is 0 Å². The molecule has 20 heavy (non-hydrogen) atoms. The van der Waals surface area contributed by atoms with E-state index in [-0.39, 0.29) is 6.09 Å². The fourth-order valence-electron chi connectivity index (χ4n) is 2.78. The monoisotopic (exact) mass is 277 g/mol. The van der Waals surface area contributed by atoms with Crippen LogP contribution in [0.2, 0.25) is 0 Å². The van der Waals surface area contributed by atoms with Gasteiger partial charge in [0.15, 0.2) is 0 Å². The molecule has 2 fully saturated rings. The number of imidazole rings is 1. The fourth-order valence-corrected chi connectivity index (χ4v) is 2.78. The summed E-state index contributed by atoms with van der Waals surface area (Å²) in [5.74, 6) is 0.394. The van der Waals surface area contributed by atoms with E-state index >= 15 is 0 Å². The molecule has 1 saturated heterocycles. The summed E-state index contributed by atoms with van der Waals surface area (Å²) in [7, 11) is 0. The van der Waals surface area contributed by atoms with Gasteiger partial charge >= 0.3 is 6.09 Å². The van der Waals surface area contributed by atoms with Gasteiger partial charge in [0.05, 0.1) is 6.33 Å². The van der Waals surface area contributed by atoms with Gasteiger partial charge in [0.2, 0.25) is 0 Å². The van der Waals surface area contributed by atoms with Gasteiger partial charge in [0, 0.05) is 36.9 Å². The minimum Gasteiger partial charge on any atom is -0.444 e. The standard InChI is InChI=1S/C15H23N3O2/c1-15(2,3)20-14(19)17-7-6-11(9-17)13-8-16-10-18(13)12-4-5-12/h8,10-12H,4-7,9H2,1-3H3. The first-order valence-electron chi connectivity index (χ1n) is 7.44. The molecule has 1 atom stereocenters. The van der Waals surface area contributed by atoms with Crippen LogP contribution in [0.4, 0.5) is 4.79 Å². The summed E-state index contributed by atoms with van der Waals surface area (Å²) < 4.78 is 7.74. The zero-order valence-corrected chi connectivity index (χ0v) is 12.5. The Kier molecular flexibility index (Phi) is 3.22. The maximum absolute atomic E-state index is 12.1. The van der Waals surface area contributed by atoms with Crippen LogP contribution in [0, 0.1) is 0 Å². The van der Waals surface area contributed by atoms with Gasteiger partial charge in [-0.3, -0.25) is 0 Å². The lowest BCUT2D eigenvalue weighted by Crippen LogP contribution is -2.35. The molecule has 0 bridgehead atoms. The number of hydrogen-bond acceptors (Lipinski definition) is 3. The van der Waals surface area contributed by atoms with Crippen molar-refractivity contribution in [1.29, 1.82) is 0 Å². The van der Waals surface area contributed by atoms with E-state index in [9.17, 15) is 4.79 Å².